The van der Waals surface area contributed by atoms with Gasteiger partial charge in [-0.25, -0.2) is 0 Å². The molecule has 1 heterocycles. The van der Waals surface area contributed by atoms with E-state index in [9.17, 15) is 4.79 Å². The van der Waals surface area contributed by atoms with Crippen LogP contribution in [0.4, 0.5) is 0 Å². The zero-order valence-corrected chi connectivity index (χ0v) is 12.4. The van der Waals surface area contributed by atoms with Crippen molar-refractivity contribution in [3.8, 4) is 0 Å². The molecule has 1 unspecified atom stereocenters. The average molecular weight is 270 g/mol. The van der Waals surface area contributed by atoms with Gasteiger partial charge in [-0.1, -0.05) is 45.4 Å². The van der Waals surface area contributed by atoms with Gasteiger partial charge in [0.05, 0.1) is 12.7 Å². The highest BCUT2D eigenvalue weighted by molar-refractivity contribution is 5.76. The highest BCUT2D eigenvalue weighted by atomic mass is 16.5. The van der Waals surface area contributed by atoms with Crippen molar-refractivity contribution < 1.29 is 9.53 Å². The number of ether oxygens (including phenoxy) is 1. The number of unbranched alkanes of at least 4 members (excludes halogenated alkanes) is 6. The number of carbonyl (C=O) groups excluding carboxylic acids is 1. The minimum atomic E-state index is 0.0340. The molecule has 4 nitrogen and oxygen atoms in total. The van der Waals surface area contributed by atoms with Crippen LogP contribution >= 0.6 is 0 Å². The molecule has 0 aromatic carbocycles. The molecule has 112 valence electrons. The van der Waals surface area contributed by atoms with Crippen LogP contribution in [-0.4, -0.2) is 43.2 Å². The highest BCUT2D eigenvalue weighted by Crippen LogP contribution is 2.11. The maximum Gasteiger partial charge on any atom is 0.222 e. The molecule has 2 N–H and O–H groups in total. The van der Waals surface area contributed by atoms with Crippen molar-refractivity contribution in [1.29, 1.82) is 0 Å². The van der Waals surface area contributed by atoms with E-state index >= 15 is 0 Å². The third kappa shape index (κ3) is 6.92. The molecule has 19 heavy (non-hydrogen) atoms. The quantitative estimate of drug-likeness (QED) is 0.654. The van der Waals surface area contributed by atoms with Crippen LogP contribution < -0.4 is 5.73 Å². The van der Waals surface area contributed by atoms with Crippen LogP contribution in [0.2, 0.25) is 0 Å². The van der Waals surface area contributed by atoms with Crippen LogP contribution in [0.15, 0.2) is 0 Å². The number of morpholine rings is 1. The van der Waals surface area contributed by atoms with Crippen LogP contribution in [0.3, 0.4) is 0 Å². The van der Waals surface area contributed by atoms with Gasteiger partial charge in [-0.05, 0) is 6.42 Å². The summed E-state index contributed by atoms with van der Waals surface area (Å²) in [6, 6.07) is 0. The summed E-state index contributed by atoms with van der Waals surface area (Å²) in [6.45, 7) is 4.76. The van der Waals surface area contributed by atoms with Gasteiger partial charge in [-0.15, -0.1) is 0 Å². The highest BCUT2D eigenvalue weighted by Gasteiger charge is 2.22. The summed E-state index contributed by atoms with van der Waals surface area (Å²) in [7, 11) is 0. The second kappa shape index (κ2) is 10.2. The van der Waals surface area contributed by atoms with Gasteiger partial charge in [0.1, 0.15) is 0 Å². The fourth-order valence-electron chi connectivity index (χ4n) is 2.48. The van der Waals surface area contributed by atoms with Gasteiger partial charge in [0.15, 0.2) is 0 Å². The third-order valence-corrected chi connectivity index (χ3v) is 3.75. The van der Waals surface area contributed by atoms with E-state index in [0.29, 0.717) is 26.1 Å². The normalized spacial score (nSPS) is 19.7. The number of carbonyl (C=O) groups is 1. The Kier molecular flexibility index (Phi) is 8.84. The Labute approximate surface area is 117 Å². The van der Waals surface area contributed by atoms with Crippen molar-refractivity contribution in [1.82, 2.24) is 4.90 Å². The predicted molar refractivity (Wildman–Crippen MR) is 78.0 cm³/mol. The largest absolute Gasteiger partial charge is 0.373 e. The summed E-state index contributed by atoms with van der Waals surface area (Å²) in [5.74, 6) is 0.273. The van der Waals surface area contributed by atoms with Crippen LogP contribution in [0, 0.1) is 0 Å². The summed E-state index contributed by atoms with van der Waals surface area (Å²) in [5, 5.41) is 0. The molecule has 0 aliphatic carbocycles. The Bertz CT molecular complexity index is 246. The van der Waals surface area contributed by atoms with Crippen molar-refractivity contribution in [3.05, 3.63) is 0 Å². The molecule has 1 saturated heterocycles. The molecule has 4 heteroatoms. The summed E-state index contributed by atoms with van der Waals surface area (Å²) in [6.07, 6.45) is 9.47. The van der Waals surface area contributed by atoms with Gasteiger partial charge in [0, 0.05) is 26.1 Å². The van der Waals surface area contributed by atoms with E-state index in [1.165, 1.54) is 38.5 Å². The van der Waals surface area contributed by atoms with Crippen molar-refractivity contribution in [3.63, 3.8) is 0 Å². The SMILES string of the molecule is CCCCCCCCCC(=O)N1CCOC(CN)C1. The number of nitrogens with two attached hydrogens (primary N) is 1. The van der Waals surface area contributed by atoms with E-state index in [1.807, 2.05) is 4.90 Å². The summed E-state index contributed by atoms with van der Waals surface area (Å²) in [5.41, 5.74) is 5.58. The zero-order chi connectivity index (χ0) is 13.9. The number of hydrogen-bond acceptors (Lipinski definition) is 3. The lowest BCUT2D eigenvalue weighted by atomic mass is 10.1. The molecule has 1 rings (SSSR count). The van der Waals surface area contributed by atoms with E-state index in [4.69, 9.17) is 10.5 Å². The average Bonchev–Trinajstić information content (AvgIpc) is 2.46. The molecule has 1 fully saturated rings. The first kappa shape index (κ1) is 16.4. The van der Waals surface area contributed by atoms with E-state index < -0.39 is 0 Å². The Morgan fingerprint density at radius 2 is 1.89 bits per heavy atom. The molecule has 1 aliphatic rings. The van der Waals surface area contributed by atoms with Gasteiger partial charge >= 0.3 is 0 Å². The molecule has 0 aromatic rings. The fraction of sp³-hybridized carbons (Fsp3) is 0.933. The lowest BCUT2D eigenvalue weighted by Gasteiger charge is -2.32. The first-order valence-corrected chi connectivity index (χ1v) is 7.87. The minimum absolute atomic E-state index is 0.0340. The topological polar surface area (TPSA) is 55.6 Å². The summed E-state index contributed by atoms with van der Waals surface area (Å²) >= 11 is 0. The monoisotopic (exact) mass is 270 g/mol. The van der Waals surface area contributed by atoms with Crippen LogP contribution in [0.5, 0.6) is 0 Å². The Hall–Kier alpha value is -0.610. The summed E-state index contributed by atoms with van der Waals surface area (Å²) < 4.78 is 5.47. The van der Waals surface area contributed by atoms with E-state index in [2.05, 4.69) is 6.92 Å². The van der Waals surface area contributed by atoms with Gasteiger partial charge < -0.3 is 15.4 Å². The Balaban J connectivity index is 2.04. The molecule has 0 aromatic heterocycles. The van der Waals surface area contributed by atoms with Crippen molar-refractivity contribution in [2.24, 2.45) is 5.73 Å². The van der Waals surface area contributed by atoms with Gasteiger partial charge in [0.2, 0.25) is 5.91 Å². The van der Waals surface area contributed by atoms with E-state index in [-0.39, 0.29) is 12.0 Å². The van der Waals surface area contributed by atoms with Crippen LogP contribution in [0.25, 0.3) is 0 Å². The second-order valence-electron chi connectivity index (χ2n) is 5.44. The number of amides is 1. The molecular weight excluding hydrogens is 240 g/mol. The van der Waals surface area contributed by atoms with Gasteiger partial charge in [-0.2, -0.15) is 0 Å². The fourth-order valence-corrected chi connectivity index (χ4v) is 2.48. The lowest BCUT2D eigenvalue weighted by molar-refractivity contribution is -0.138. The molecule has 0 radical (unpaired) electrons. The van der Waals surface area contributed by atoms with Crippen LogP contribution in [-0.2, 0) is 9.53 Å². The maximum absolute atomic E-state index is 12.0. The van der Waals surface area contributed by atoms with E-state index in [0.717, 1.165) is 13.0 Å². The minimum Gasteiger partial charge on any atom is -0.373 e. The van der Waals surface area contributed by atoms with E-state index in [1.54, 1.807) is 0 Å². The number of rotatable bonds is 9. The number of nitrogens with zero attached hydrogens (tertiary/aromatic N) is 1. The van der Waals surface area contributed by atoms with Crippen LogP contribution in [0.1, 0.15) is 58.3 Å². The maximum atomic E-state index is 12.0. The molecule has 0 bridgehead atoms. The molecule has 0 spiro atoms. The van der Waals surface area contributed by atoms with Crippen molar-refractivity contribution >= 4 is 5.91 Å². The molecule has 1 aliphatic heterocycles. The Morgan fingerprint density at radius 3 is 2.58 bits per heavy atom. The predicted octanol–water partition coefficient (Wildman–Crippen LogP) is 2.31. The first-order valence-electron chi connectivity index (χ1n) is 7.87. The van der Waals surface area contributed by atoms with Gasteiger partial charge in [0.25, 0.3) is 0 Å². The molecule has 0 saturated carbocycles. The molecule has 1 atom stereocenters. The van der Waals surface area contributed by atoms with Gasteiger partial charge in [-0.3, -0.25) is 4.79 Å². The molecular formula is C15H30N2O2. The zero-order valence-electron chi connectivity index (χ0n) is 12.4. The van der Waals surface area contributed by atoms with Crippen molar-refractivity contribution in [2.75, 3.05) is 26.2 Å². The first-order chi connectivity index (χ1) is 9.27. The number of hydrogen-bond donors (Lipinski definition) is 1. The smallest absolute Gasteiger partial charge is 0.222 e. The standard InChI is InChI=1S/C15H30N2O2/c1-2-3-4-5-6-7-8-9-15(18)17-10-11-19-14(12-16)13-17/h14H,2-13,16H2,1H3. The third-order valence-electron chi connectivity index (χ3n) is 3.75. The molecule has 1 amide bonds. The van der Waals surface area contributed by atoms with Crippen molar-refractivity contribution in [2.45, 2.75) is 64.4 Å². The summed E-state index contributed by atoms with van der Waals surface area (Å²) in [4.78, 5) is 13.9. The second-order valence-corrected chi connectivity index (χ2v) is 5.44. The Morgan fingerprint density at radius 1 is 1.21 bits per heavy atom. The lowest BCUT2D eigenvalue weighted by Crippen LogP contribution is -2.48.